The normalized spacial score (nSPS) is 11.0. The Kier molecular flexibility index (Phi) is 6.08. The molecule has 0 aliphatic rings. The van der Waals surface area contributed by atoms with Crippen molar-refractivity contribution in [1.29, 1.82) is 5.41 Å². The van der Waals surface area contributed by atoms with Crippen LogP contribution in [0.3, 0.4) is 0 Å². The highest BCUT2D eigenvalue weighted by Crippen LogP contribution is 2.23. The summed E-state index contributed by atoms with van der Waals surface area (Å²) in [6.07, 6.45) is 1.57. The van der Waals surface area contributed by atoms with E-state index in [-0.39, 0.29) is 17.1 Å². The zero-order valence-electron chi connectivity index (χ0n) is 17.1. The molecular formula is C21H22N6O3S. The molecule has 0 radical (unpaired) electrons. The highest BCUT2D eigenvalue weighted by molar-refractivity contribution is 7.99. The van der Waals surface area contributed by atoms with Gasteiger partial charge in [-0.25, -0.2) is 4.98 Å². The summed E-state index contributed by atoms with van der Waals surface area (Å²) in [5.41, 5.74) is 2.21. The van der Waals surface area contributed by atoms with Crippen molar-refractivity contribution in [3.8, 4) is 11.4 Å². The smallest absolute Gasteiger partial charge is 0.230 e. The number of H-pyrrole nitrogens is 1. The van der Waals surface area contributed by atoms with E-state index in [1.165, 1.54) is 11.8 Å². The Morgan fingerprint density at radius 1 is 1.32 bits per heavy atom. The van der Waals surface area contributed by atoms with Gasteiger partial charge in [0.1, 0.15) is 17.0 Å². The number of nitrogens with one attached hydrogen (secondary N) is 3. The number of hydrogen-bond donors (Lipinski definition) is 3. The molecule has 0 atom stereocenters. The van der Waals surface area contributed by atoms with Gasteiger partial charge in [-0.15, -0.1) is 0 Å². The summed E-state index contributed by atoms with van der Waals surface area (Å²) in [4.78, 5) is 16.9. The minimum absolute atomic E-state index is 0.138. The third-order valence-corrected chi connectivity index (χ3v) is 5.50. The summed E-state index contributed by atoms with van der Waals surface area (Å²) in [5, 5.41) is 19.8. The number of carbonyl (C=O) groups excluding carboxylic acids is 1. The van der Waals surface area contributed by atoms with Gasteiger partial charge >= 0.3 is 0 Å². The fraction of sp³-hybridized carbons (Fsp3) is 0.238. The number of aromatic amines is 1. The maximum atomic E-state index is 12.3. The van der Waals surface area contributed by atoms with Gasteiger partial charge in [0, 0.05) is 11.4 Å². The van der Waals surface area contributed by atoms with E-state index >= 15 is 0 Å². The molecule has 1 amide bonds. The Hall–Kier alpha value is -3.53. The first-order valence-corrected chi connectivity index (χ1v) is 10.7. The molecule has 0 saturated carbocycles. The third-order valence-electron chi connectivity index (χ3n) is 4.56. The summed E-state index contributed by atoms with van der Waals surface area (Å²) >= 11 is 1.24. The van der Waals surface area contributed by atoms with E-state index in [4.69, 9.17) is 14.6 Å². The van der Waals surface area contributed by atoms with Crippen LogP contribution >= 0.6 is 11.8 Å². The highest BCUT2D eigenvalue weighted by atomic mass is 32.2. The van der Waals surface area contributed by atoms with Crippen molar-refractivity contribution in [2.24, 2.45) is 0 Å². The van der Waals surface area contributed by atoms with E-state index in [0.29, 0.717) is 35.1 Å². The number of hydrogen-bond acceptors (Lipinski definition) is 7. The summed E-state index contributed by atoms with van der Waals surface area (Å²) < 4.78 is 12.5. The number of thioether (sulfide) groups is 1. The molecule has 0 bridgehead atoms. The van der Waals surface area contributed by atoms with Gasteiger partial charge in [0.25, 0.3) is 0 Å². The molecule has 3 N–H and O–H groups in total. The van der Waals surface area contributed by atoms with Gasteiger partial charge in [0.15, 0.2) is 10.8 Å². The van der Waals surface area contributed by atoms with Crippen LogP contribution in [0.1, 0.15) is 18.4 Å². The predicted molar refractivity (Wildman–Crippen MR) is 116 cm³/mol. The number of fused-ring (bicyclic) bond motifs is 1. The summed E-state index contributed by atoms with van der Waals surface area (Å²) in [5.74, 6) is 1.41. The van der Waals surface area contributed by atoms with Crippen LogP contribution in [0.2, 0.25) is 0 Å². The van der Waals surface area contributed by atoms with Gasteiger partial charge in [-0.3, -0.25) is 19.9 Å². The molecule has 0 aliphatic carbocycles. The number of nitrogens with zero attached hydrogens (tertiary/aromatic N) is 3. The van der Waals surface area contributed by atoms with Crippen LogP contribution in [-0.2, 0) is 11.3 Å². The Morgan fingerprint density at radius 3 is 2.84 bits per heavy atom. The van der Waals surface area contributed by atoms with Crippen molar-refractivity contribution < 1.29 is 13.9 Å². The van der Waals surface area contributed by atoms with Gasteiger partial charge in [0.2, 0.25) is 5.91 Å². The molecule has 9 nitrogen and oxygen atoms in total. The third kappa shape index (κ3) is 4.48. The van der Waals surface area contributed by atoms with Crippen molar-refractivity contribution in [3.63, 3.8) is 0 Å². The molecular weight excluding hydrogens is 416 g/mol. The van der Waals surface area contributed by atoms with E-state index in [1.54, 1.807) is 23.0 Å². The monoisotopic (exact) mass is 438 g/mol. The van der Waals surface area contributed by atoms with Crippen molar-refractivity contribution >= 4 is 28.7 Å². The number of aryl methyl sites for hydroxylation is 1. The second kappa shape index (κ2) is 9.09. The molecule has 0 aliphatic heterocycles. The first-order valence-electron chi connectivity index (χ1n) is 9.74. The Balaban J connectivity index is 1.62. The molecule has 3 heterocycles. The molecule has 0 saturated heterocycles. The van der Waals surface area contributed by atoms with Crippen molar-refractivity contribution in [2.75, 3.05) is 12.4 Å². The zero-order valence-corrected chi connectivity index (χ0v) is 18.0. The molecule has 1 aromatic carbocycles. The second-order valence-corrected chi connectivity index (χ2v) is 7.64. The maximum absolute atomic E-state index is 12.3. The number of carbonyl (C=O) groups is 1. The average molecular weight is 439 g/mol. The fourth-order valence-corrected chi connectivity index (χ4v) is 3.94. The number of furan rings is 1. The number of rotatable bonds is 8. The van der Waals surface area contributed by atoms with E-state index in [1.807, 2.05) is 38.1 Å². The molecule has 3 aromatic heterocycles. The van der Waals surface area contributed by atoms with Crippen LogP contribution in [0, 0.1) is 12.3 Å². The maximum Gasteiger partial charge on any atom is 0.230 e. The molecule has 4 aromatic rings. The second-order valence-electron chi connectivity index (χ2n) is 6.70. The molecule has 0 unspecified atom stereocenters. The minimum Gasteiger partial charge on any atom is -0.494 e. The first kappa shape index (κ1) is 20.7. The van der Waals surface area contributed by atoms with Crippen molar-refractivity contribution in [1.82, 2.24) is 25.1 Å². The number of ether oxygens (including phenoxy) is 1. The van der Waals surface area contributed by atoms with E-state index in [2.05, 4.69) is 20.5 Å². The Bertz CT molecular complexity index is 1240. The molecule has 0 spiro atoms. The number of aromatic nitrogens is 4. The fourth-order valence-electron chi connectivity index (χ4n) is 3.10. The van der Waals surface area contributed by atoms with Gasteiger partial charge in [-0.05, 0) is 50.2 Å². The lowest BCUT2D eigenvalue weighted by molar-refractivity contribution is -0.118. The molecule has 31 heavy (non-hydrogen) atoms. The number of benzene rings is 1. The first-order chi connectivity index (χ1) is 15.1. The minimum atomic E-state index is -0.161. The lowest BCUT2D eigenvalue weighted by atomic mass is 10.2. The summed E-state index contributed by atoms with van der Waals surface area (Å²) in [7, 11) is 0. The van der Waals surface area contributed by atoms with Crippen LogP contribution < -0.4 is 15.5 Å². The van der Waals surface area contributed by atoms with E-state index in [9.17, 15) is 4.79 Å². The van der Waals surface area contributed by atoms with Crippen LogP contribution in [0.25, 0.3) is 16.7 Å². The van der Waals surface area contributed by atoms with E-state index in [0.717, 1.165) is 17.1 Å². The van der Waals surface area contributed by atoms with Gasteiger partial charge in [0.05, 0.1) is 30.6 Å². The molecule has 0 fully saturated rings. The Morgan fingerprint density at radius 2 is 2.13 bits per heavy atom. The Labute approximate surface area is 182 Å². The average Bonchev–Trinajstić information content (AvgIpc) is 3.42. The van der Waals surface area contributed by atoms with E-state index < -0.39 is 0 Å². The lowest BCUT2D eigenvalue weighted by Crippen LogP contribution is -2.26. The van der Waals surface area contributed by atoms with Crippen LogP contribution in [0.15, 0.2) is 52.2 Å². The van der Waals surface area contributed by atoms with Crippen LogP contribution in [-0.4, -0.2) is 38.0 Å². The van der Waals surface area contributed by atoms with Crippen LogP contribution in [0.5, 0.6) is 5.75 Å². The lowest BCUT2D eigenvalue weighted by Gasteiger charge is -2.14. The predicted octanol–water partition coefficient (Wildman–Crippen LogP) is 2.94. The molecule has 160 valence electrons. The summed E-state index contributed by atoms with van der Waals surface area (Å²) in [6, 6.07) is 11.0. The number of amides is 1. The van der Waals surface area contributed by atoms with Gasteiger partial charge in [-0.1, -0.05) is 11.8 Å². The topological polar surface area (TPSA) is 122 Å². The summed E-state index contributed by atoms with van der Waals surface area (Å²) in [6.45, 7) is 4.67. The highest BCUT2D eigenvalue weighted by Gasteiger charge is 2.16. The van der Waals surface area contributed by atoms with Crippen molar-refractivity contribution in [3.05, 3.63) is 59.6 Å². The van der Waals surface area contributed by atoms with Crippen molar-refractivity contribution in [2.45, 2.75) is 25.5 Å². The molecule has 10 heteroatoms. The standard InChI is InChI=1S/C21H22N6O3S/c1-3-29-15-8-6-14(7-9-15)27-19(22)18-13(2)25-26-20(18)24-21(27)31-12-17(28)23-11-16-5-4-10-30-16/h4-10,22H,3,11-12H2,1-2H3,(H,23,28)(H,25,26). The molecule has 4 rings (SSSR count). The quantitative estimate of drug-likeness (QED) is 0.287. The SMILES string of the molecule is CCOc1ccc(-n2c(SCC(=O)NCc3ccco3)nc3n[nH]c(C)c3c2=N)cc1. The largest absolute Gasteiger partial charge is 0.494 e. The van der Waals surface area contributed by atoms with Gasteiger partial charge in [-0.2, -0.15) is 5.10 Å². The zero-order chi connectivity index (χ0) is 21.8. The van der Waals surface area contributed by atoms with Gasteiger partial charge < -0.3 is 14.5 Å². The van der Waals surface area contributed by atoms with Crippen LogP contribution in [0.4, 0.5) is 0 Å².